The molecule has 0 aromatic rings. The van der Waals surface area contributed by atoms with Gasteiger partial charge in [-0.25, -0.2) is 0 Å². The number of nitrogens with zero attached hydrogens (tertiary/aromatic N) is 1. The van der Waals surface area contributed by atoms with Crippen LogP contribution in [-0.4, -0.2) is 23.4 Å². The molecule has 28 heavy (non-hydrogen) atoms. The topological polar surface area (TPSA) is 83.5 Å². The van der Waals surface area contributed by atoms with Crippen LogP contribution in [0.25, 0.3) is 0 Å². The van der Waals surface area contributed by atoms with Gasteiger partial charge in [0.2, 0.25) is 0 Å². The predicted octanol–water partition coefficient (Wildman–Crippen LogP) is 2.52. The van der Waals surface area contributed by atoms with E-state index in [1.165, 1.54) is 12.8 Å². The van der Waals surface area contributed by atoms with Crippen LogP contribution in [0.15, 0.2) is 22.5 Å². The van der Waals surface area contributed by atoms with Gasteiger partial charge in [0.05, 0.1) is 11.9 Å². The number of aliphatic carboxylic acids is 2. The lowest BCUT2D eigenvalue weighted by molar-refractivity contribution is -0.301. The Bertz CT molecular complexity index is 612. The number of carbonyl (C=O) groups excluding carboxylic acids is 2. The molecule has 2 aliphatic carbocycles. The summed E-state index contributed by atoms with van der Waals surface area (Å²) in [5, 5.41) is 24.5. The Kier molecular flexibility index (Phi) is 6.84. The van der Waals surface area contributed by atoms with Gasteiger partial charge < -0.3 is 24.7 Å². The van der Waals surface area contributed by atoms with Gasteiger partial charge in [-0.15, -0.1) is 0 Å². The second kappa shape index (κ2) is 9.15. The van der Waals surface area contributed by atoms with Crippen LogP contribution in [-0.2, 0) is 9.59 Å². The maximum Gasteiger partial charge on any atom is 0.0698 e. The molecule has 0 amide bonds. The molecule has 3 aliphatic rings. The Labute approximate surface area is 168 Å². The molecule has 5 nitrogen and oxygen atoms in total. The maximum atomic E-state index is 12.3. The summed E-state index contributed by atoms with van der Waals surface area (Å²) in [7, 11) is 0. The van der Waals surface area contributed by atoms with Crippen molar-refractivity contribution in [3.8, 4) is 0 Å². The van der Waals surface area contributed by atoms with Crippen LogP contribution in [0.5, 0.6) is 0 Å². The summed E-state index contributed by atoms with van der Waals surface area (Å²) < 4.78 is 0. The lowest BCUT2D eigenvalue weighted by Gasteiger charge is -2.47. The van der Waals surface area contributed by atoms with Crippen molar-refractivity contribution in [3.05, 3.63) is 22.5 Å². The molecule has 0 spiro atoms. The van der Waals surface area contributed by atoms with E-state index in [-0.39, 0.29) is 23.0 Å². The molecular weight excluding hydrogens is 354 g/mol. The van der Waals surface area contributed by atoms with Crippen molar-refractivity contribution in [1.29, 1.82) is 0 Å². The van der Waals surface area contributed by atoms with E-state index in [0.29, 0.717) is 13.0 Å². The number of rotatable bonds is 6. The number of hydrogen-bond acceptors (Lipinski definition) is 5. The molecule has 1 heterocycles. The second-order valence-corrected chi connectivity index (χ2v) is 8.55. The normalized spacial score (nSPS) is 23.4. The molecule has 0 aromatic carbocycles. The van der Waals surface area contributed by atoms with Gasteiger partial charge in [-0.2, -0.15) is 0 Å². The van der Waals surface area contributed by atoms with Crippen molar-refractivity contribution in [1.82, 2.24) is 4.90 Å². The van der Waals surface area contributed by atoms with E-state index in [1.807, 2.05) is 13.8 Å². The zero-order valence-electron chi connectivity index (χ0n) is 17.3. The van der Waals surface area contributed by atoms with Crippen molar-refractivity contribution in [2.45, 2.75) is 84.5 Å². The van der Waals surface area contributed by atoms with Gasteiger partial charge >= 0.3 is 0 Å². The van der Waals surface area contributed by atoms with Crippen molar-refractivity contribution < 1.29 is 19.8 Å². The summed E-state index contributed by atoms with van der Waals surface area (Å²) in [6.45, 7) is 4.45. The van der Waals surface area contributed by atoms with Gasteiger partial charge in [0.15, 0.2) is 0 Å². The molecule has 0 N–H and O–H groups in total. The molecule has 0 aromatic heterocycles. The van der Waals surface area contributed by atoms with Crippen molar-refractivity contribution in [3.63, 3.8) is 0 Å². The predicted molar refractivity (Wildman–Crippen MR) is 103 cm³/mol. The number of allylic oxidation sites excluding steroid dienone is 2. The summed E-state index contributed by atoms with van der Waals surface area (Å²) in [5.41, 5.74) is 2.10. The van der Waals surface area contributed by atoms with Crippen molar-refractivity contribution in [2.75, 3.05) is 6.54 Å². The molecular formula is C23H33NO4-2. The monoisotopic (exact) mass is 387 g/mol. The Morgan fingerprint density at radius 2 is 1.18 bits per heavy atom. The first-order valence-electron chi connectivity index (χ1n) is 11.2. The summed E-state index contributed by atoms with van der Waals surface area (Å²) in [6, 6.07) is 0. The van der Waals surface area contributed by atoms with Gasteiger partial charge in [0, 0.05) is 35.0 Å². The molecule has 1 aliphatic heterocycles. The van der Waals surface area contributed by atoms with Gasteiger partial charge in [-0.1, -0.05) is 45.4 Å². The van der Waals surface area contributed by atoms with Crippen molar-refractivity contribution >= 4 is 11.9 Å². The standard InChI is InChI=1S/C23H35NO4/c1-3-17-18(22(25)26)20(15-11-7-5-8-12-15)24(4-2)21(19(17)23(27)28)16-13-9-6-10-14-16/h15-17H,3-14H2,1-2H3,(H,25,26)(H,27,28)/p-2. The molecule has 2 saturated carbocycles. The third kappa shape index (κ3) is 3.85. The Morgan fingerprint density at radius 3 is 1.46 bits per heavy atom. The highest BCUT2D eigenvalue weighted by Gasteiger charge is 2.40. The fourth-order valence-electron chi connectivity index (χ4n) is 5.80. The van der Waals surface area contributed by atoms with E-state index in [1.54, 1.807) is 0 Å². The second-order valence-electron chi connectivity index (χ2n) is 8.55. The smallest absolute Gasteiger partial charge is 0.0698 e. The van der Waals surface area contributed by atoms with Crippen LogP contribution in [0, 0.1) is 17.8 Å². The summed E-state index contributed by atoms with van der Waals surface area (Å²) in [4.78, 5) is 26.6. The van der Waals surface area contributed by atoms with E-state index in [9.17, 15) is 19.8 Å². The van der Waals surface area contributed by atoms with Gasteiger partial charge in [0.1, 0.15) is 0 Å². The highest BCUT2D eigenvalue weighted by atomic mass is 16.4. The minimum Gasteiger partial charge on any atom is -0.545 e. The first-order chi connectivity index (χ1) is 13.5. The molecule has 156 valence electrons. The average molecular weight is 388 g/mol. The summed E-state index contributed by atoms with van der Waals surface area (Å²) in [5.74, 6) is -2.71. The van der Waals surface area contributed by atoms with Crippen LogP contribution < -0.4 is 10.2 Å². The zero-order chi connectivity index (χ0) is 20.3. The fourth-order valence-corrected chi connectivity index (χ4v) is 5.80. The molecule has 2 fully saturated rings. The largest absolute Gasteiger partial charge is 0.545 e. The SMILES string of the molecule is CCC1C(C(=O)[O-])=C(C2CCCCC2)N(CC)C(C2CCCCC2)=C1C(=O)[O-]. The van der Waals surface area contributed by atoms with Crippen LogP contribution in [0.2, 0.25) is 0 Å². The molecule has 3 rings (SSSR count). The molecule has 0 bridgehead atoms. The van der Waals surface area contributed by atoms with Crippen LogP contribution in [0.1, 0.15) is 84.5 Å². The van der Waals surface area contributed by atoms with Gasteiger partial charge in [0.25, 0.3) is 0 Å². The highest BCUT2D eigenvalue weighted by molar-refractivity contribution is 5.95. The average Bonchev–Trinajstić information content (AvgIpc) is 2.72. The first-order valence-corrected chi connectivity index (χ1v) is 11.2. The van der Waals surface area contributed by atoms with Gasteiger partial charge in [-0.3, -0.25) is 0 Å². The minimum absolute atomic E-state index is 0.178. The fraction of sp³-hybridized carbons (Fsp3) is 0.739. The zero-order valence-corrected chi connectivity index (χ0v) is 17.3. The maximum absolute atomic E-state index is 12.3. The lowest BCUT2D eigenvalue weighted by atomic mass is 9.73. The van der Waals surface area contributed by atoms with Crippen LogP contribution in [0.4, 0.5) is 0 Å². The minimum atomic E-state index is -1.22. The Balaban J connectivity index is 2.18. The van der Waals surface area contributed by atoms with E-state index in [0.717, 1.165) is 62.8 Å². The van der Waals surface area contributed by atoms with E-state index in [2.05, 4.69) is 4.90 Å². The number of carbonyl (C=O) groups is 2. The number of hydrogen-bond donors (Lipinski definition) is 0. The van der Waals surface area contributed by atoms with Crippen LogP contribution >= 0.6 is 0 Å². The van der Waals surface area contributed by atoms with E-state index in [4.69, 9.17) is 0 Å². The summed E-state index contributed by atoms with van der Waals surface area (Å²) in [6.07, 6.45) is 11.1. The first kappa shape index (κ1) is 20.9. The Hall–Kier alpha value is -1.78. The molecule has 0 atom stereocenters. The summed E-state index contributed by atoms with van der Waals surface area (Å²) >= 11 is 0. The molecule has 5 heteroatoms. The molecule has 0 unspecified atom stereocenters. The van der Waals surface area contributed by atoms with Crippen LogP contribution in [0.3, 0.4) is 0 Å². The third-order valence-corrected chi connectivity index (χ3v) is 6.98. The van der Waals surface area contributed by atoms with E-state index < -0.39 is 17.9 Å². The molecule has 0 saturated heterocycles. The van der Waals surface area contributed by atoms with Crippen molar-refractivity contribution in [2.24, 2.45) is 17.8 Å². The number of carboxylic acids is 2. The number of carboxylic acid groups (broad SMARTS) is 2. The quantitative estimate of drug-likeness (QED) is 0.699. The third-order valence-electron chi connectivity index (χ3n) is 6.98. The highest BCUT2D eigenvalue weighted by Crippen LogP contribution is 2.47. The Morgan fingerprint density at radius 1 is 0.786 bits per heavy atom. The molecule has 0 radical (unpaired) electrons. The van der Waals surface area contributed by atoms with E-state index >= 15 is 0 Å². The van der Waals surface area contributed by atoms with Gasteiger partial charge in [-0.05, 0) is 50.9 Å². The lowest BCUT2D eigenvalue weighted by Crippen LogP contribution is -2.46.